The van der Waals surface area contributed by atoms with Crippen LogP contribution >= 0.6 is 15.9 Å². The minimum absolute atomic E-state index is 0.0325. The Balaban J connectivity index is 1.93. The van der Waals surface area contributed by atoms with Gasteiger partial charge in [0.15, 0.2) is 5.82 Å². The van der Waals surface area contributed by atoms with Gasteiger partial charge in [-0.25, -0.2) is 19.4 Å². The second kappa shape index (κ2) is 12.9. The highest BCUT2D eigenvalue weighted by atomic mass is 79.9. The van der Waals surface area contributed by atoms with E-state index >= 15 is 0 Å². The quantitative estimate of drug-likeness (QED) is 0.241. The highest BCUT2D eigenvalue weighted by molar-refractivity contribution is 9.10. The van der Waals surface area contributed by atoms with Crippen molar-refractivity contribution in [2.75, 3.05) is 7.05 Å². The molecule has 2 heterocycles. The molecule has 0 fully saturated rings. The average Bonchev–Trinajstić information content (AvgIpc) is 3.32. The molecule has 0 N–H and O–H groups in total. The van der Waals surface area contributed by atoms with Crippen molar-refractivity contribution in [1.29, 1.82) is 0 Å². The van der Waals surface area contributed by atoms with E-state index in [9.17, 15) is 14.4 Å². The van der Waals surface area contributed by atoms with Gasteiger partial charge in [-0.3, -0.25) is 0 Å². The Bertz CT molecular complexity index is 1370. The van der Waals surface area contributed by atoms with E-state index in [2.05, 4.69) is 31.1 Å². The number of hydrogen-bond acceptors (Lipinski definition) is 10. The van der Waals surface area contributed by atoms with Crippen LogP contribution in [-0.4, -0.2) is 73.2 Å². The van der Waals surface area contributed by atoms with Crippen LogP contribution in [0, 0.1) is 0 Å². The first-order valence-corrected chi connectivity index (χ1v) is 14.7. The predicted molar refractivity (Wildman–Crippen MR) is 164 cm³/mol. The SMILES string of the molecule is CN(Cc1ccc(-c2nnc(C3=C(N(C(=O)OC(C)(C)C)C(=O)OC(C)(C)C)N=CC(Br)C3)o2)cc1)C(=O)OC(C)(C)C. The first kappa shape index (κ1) is 33.8. The van der Waals surface area contributed by atoms with E-state index in [1.807, 2.05) is 32.9 Å². The number of imide groups is 1. The van der Waals surface area contributed by atoms with Crippen molar-refractivity contribution in [3.63, 3.8) is 0 Å². The normalized spacial score (nSPS) is 15.7. The lowest BCUT2D eigenvalue weighted by Gasteiger charge is -2.30. The topological polar surface area (TPSA) is 137 Å². The number of allylic oxidation sites excluding steroid dienone is 1. The molecular weight excluding hydrogens is 622 g/mol. The second-order valence-corrected chi connectivity index (χ2v) is 14.2. The van der Waals surface area contributed by atoms with E-state index < -0.39 is 35.1 Å². The van der Waals surface area contributed by atoms with Crippen molar-refractivity contribution >= 4 is 46.0 Å². The third-order valence-corrected chi connectivity index (χ3v) is 5.96. The molecule has 43 heavy (non-hydrogen) atoms. The van der Waals surface area contributed by atoms with Gasteiger partial charge in [-0.1, -0.05) is 28.1 Å². The van der Waals surface area contributed by atoms with Crippen molar-refractivity contribution in [2.24, 2.45) is 4.99 Å². The van der Waals surface area contributed by atoms with Crippen molar-refractivity contribution in [3.05, 3.63) is 41.5 Å². The van der Waals surface area contributed by atoms with Gasteiger partial charge in [0.05, 0.1) is 10.4 Å². The molecule has 1 atom stereocenters. The maximum Gasteiger partial charge on any atom is 0.425 e. The molecule has 2 aromatic rings. The van der Waals surface area contributed by atoms with Crippen molar-refractivity contribution < 1.29 is 33.0 Å². The number of nitrogens with zero attached hydrogens (tertiary/aromatic N) is 5. The van der Waals surface area contributed by atoms with E-state index in [-0.39, 0.29) is 22.4 Å². The van der Waals surface area contributed by atoms with Gasteiger partial charge >= 0.3 is 18.3 Å². The van der Waals surface area contributed by atoms with E-state index in [1.165, 1.54) is 4.90 Å². The number of aliphatic imine (C=N–C) groups is 1. The zero-order valence-electron chi connectivity index (χ0n) is 26.4. The van der Waals surface area contributed by atoms with E-state index in [0.717, 1.165) is 10.5 Å². The van der Waals surface area contributed by atoms with E-state index in [0.29, 0.717) is 24.1 Å². The van der Waals surface area contributed by atoms with Gasteiger partial charge in [-0.15, -0.1) is 10.2 Å². The molecule has 1 aliphatic rings. The first-order valence-electron chi connectivity index (χ1n) is 13.8. The molecule has 0 radical (unpaired) electrons. The van der Waals surface area contributed by atoms with Gasteiger partial charge in [0.2, 0.25) is 11.8 Å². The second-order valence-electron chi connectivity index (χ2n) is 13.0. The van der Waals surface area contributed by atoms with Crippen LogP contribution in [0.15, 0.2) is 39.5 Å². The van der Waals surface area contributed by atoms with E-state index in [1.54, 1.807) is 66.9 Å². The van der Waals surface area contributed by atoms with Crippen LogP contribution in [-0.2, 0) is 20.8 Å². The minimum atomic E-state index is -0.953. The fourth-order valence-corrected chi connectivity index (χ4v) is 4.14. The molecule has 0 saturated heterocycles. The predicted octanol–water partition coefficient (Wildman–Crippen LogP) is 7.18. The van der Waals surface area contributed by atoms with Gasteiger partial charge < -0.3 is 23.5 Å². The summed E-state index contributed by atoms with van der Waals surface area (Å²) >= 11 is 3.52. The Morgan fingerprint density at radius 1 is 0.837 bits per heavy atom. The standard InChI is InChI=1S/C30H40BrN5O7/c1-28(2,3)41-25(37)35(10)17-18-11-13-19(14-12-18)23-33-34-24(40-23)21-15-20(31)16-32-22(21)36(26(38)42-29(4,5)6)27(39)43-30(7,8)9/h11-14,16,20H,15,17H2,1-10H3. The van der Waals surface area contributed by atoms with Crippen molar-refractivity contribution in [2.45, 2.75) is 96.9 Å². The molecule has 1 aliphatic heterocycles. The third-order valence-electron chi connectivity index (χ3n) is 5.40. The lowest BCUT2D eigenvalue weighted by Crippen LogP contribution is -2.43. The Labute approximate surface area is 260 Å². The molecule has 12 nitrogen and oxygen atoms in total. The number of aromatic nitrogens is 2. The van der Waals surface area contributed by atoms with Gasteiger partial charge in [-0.05, 0) is 86.4 Å². The number of alkyl halides is 1. The van der Waals surface area contributed by atoms with Crippen LogP contribution in [0.1, 0.15) is 80.2 Å². The number of benzene rings is 1. The van der Waals surface area contributed by atoms with Crippen molar-refractivity contribution in [3.8, 4) is 11.5 Å². The largest absolute Gasteiger partial charge is 0.444 e. The molecule has 1 unspecified atom stereocenters. The summed E-state index contributed by atoms with van der Waals surface area (Å²) in [6, 6.07) is 7.28. The summed E-state index contributed by atoms with van der Waals surface area (Å²) in [5.41, 5.74) is -0.503. The zero-order valence-corrected chi connectivity index (χ0v) is 27.9. The summed E-state index contributed by atoms with van der Waals surface area (Å²) in [6.45, 7) is 15.9. The van der Waals surface area contributed by atoms with Crippen molar-refractivity contribution in [1.82, 2.24) is 20.0 Å². The summed E-state index contributed by atoms with van der Waals surface area (Å²) in [5.74, 6) is 0.266. The summed E-state index contributed by atoms with van der Waals surface area (Å²) in [5, 5.41) is 8.40. The first-order chi connectivity index (χ1) is 19.7. The number of halogens is 1. The third kappa shape index (κ3) is 9.91. The Hall–Kier alpha value is -3.74. The number of hydrogen-bond donors (Lipinski definition) is 0. The van der Waals surface area contributed by atoms with Crippen LogP contribution in [0.5, 0.6) is 0 Å². The molecule has 13 heteroatoms. The lowest BCUT2D eigenvalue weighted by atomic mass is 10.1. The summed E-state index contributed by atoms with van der Waals surface area (Å²) in [4.78, 5) is 45.3. The molecule has 234 valence electrons. The highest BCUT2D eigenvalue weighted by Crippen LogP contribution is 2.34. The molecule has 3 amide bonds. The molecule has 0 aliphatic carbocycles. The number of carbonyl (C=O) groups is 3. The van der Waals surface area contributed by atoms with Gasteiger partial charge in [0.1, 0.15) is 16.8 Å². The van der Waals surface area contributed by atoms with Crippen LogP contribution in [0.25, 0.3) is 17.0 Å². The number of ether oxygens (including phenoxy) is 3. The molecule has 1 aromatic carbocycles. The number of carbonyl (C=O) groups excluding carboxylic acids is 3. The molecule has 0 saturated carbocycles. The van der Waals surface area contributed by atoms with Crippen LogP contribution in [0.2, 0.25) is 0 Å². The Morgan fingerprint density at radius 2 is 1.33 bits per heavy atom. The van der Waals surface area contributed by atoms with E-state index in [4.69, 9.17) is 18.6 Å². The maximum absolute atomic E-state index is 13.3. The van der Waals surface area contributed by atoms with Gasteiger partial charge in [0, 0.05) is 25.4 Å². The maximum atomic E-state index is 13.3. The molecule has 1 aromatic heterocycles. The fourth-order valence-electron chi connectivity index (χ4n) is 3.70. The van der Waals surface area contributed by atoms with Gasteiger partial charge in [-0.2, -0.15) is 4.90 Å². The molecular formula is C30H40BrN5O7. The number of amides is 3. The monoisotopic (exact) mass is 661 g/mol. The van der Waals surface area contributed by atoms with Crippen LogP contribution < -0.4 is 0 Å². The summed E-state index contributed by atoms with van der Waals surface area (Å²) < 4.78 is 22.5. The average molecular weight is 663 g/mol. The molecule has 3 rings (SSSR count). The summed E-state index contributed by atoms with van der Waals surface area (Å²) in [7, 11) is 1.67. The van der Waals surface area contributed by atoms with Gasteiger partial charge in [0.25, 0.3) is 0 Å². The minimum Gasteiger partial charge on any atom is -0.444 e. The van der Waals surface area contributed by atoms with Crippen LogP contribution in [0.4, 0.5) is 14.4 Å². The van der Waals surface area contributed by atoms with Crippen LogP contribution in [0.3, 0.4) is 0 Å². The Morgan fingerprint density at radius 3 is 1.84 bits per heavy atom. The Kier molecular flexibility index (Phi) is 10.1. The zero-order chi connectivity index (χ0) is 32.3. The highest BCUT2D eigenvalue weighted by Gasteiger charge is 2.38. The number of rotatable bonds is 5. The summed E-state index contributed by atoms with van der Waals surface area (Å²) in [6.07, 6.45) is -0.477. The smallest absolute Gasteiger partial charge is 0.425 e. The molecule has 0 bridgehead atoms. The lowest BCUT2D eigenvalue weighted by molar-refractivity contribution is 0.00804. The fraction of sp³-hybridized carbons (Fsp3) is 0.533. The molecule has 0 spiro atoms.